The number of benzene rings is 1. The Morgan fingerprint density at radius 2 is 1.91 bits per heavy atom. The Labute approximate surface area is 135 Å². The van der Waals surface area contributed by atoms with Crippen LogP contribution >= 0.6 is 0 Å². The number of hydrogen-bond donors (Lipinski definition) is 3. The maximum absolute atomic E-state index is 12.1. The summed E-state index contributed by atoms with van der Waals surface area (Å²) in [5.41, 5.74) is 3.53. The predicted molar refractivity (Wildman–Crippen MR) is 90.0 cm³/mol. The Balaban J connectivity index is 2.12. The molecule has 0 radical (unpaired) electrons. The summed E-state index contributed by atoms with van der Waals surface area (Å²) in [5.74, 6) is 0.0848. The minimum absolute atomic E-state index is 0.305. The zero-order valence-corrected chi connectivity index (χ0v) is 13.7. The molecular weight excluding hydrogens is 294 g/mol. The number of aromatic amines is 1. The second-order valence-electron chi connectivity index (χ2n) is 5.29. The highest BCUT2D eigenvalue weighted by Gasteiger charge is 2.20. The number of amides is 2. The van der Waals surface area contributed by atoms with E-state index in [0.717, 1.165) is 5.56 Å². The van der Waals surface area contributed by atoms with Crippen LogP contribution in [0.25, 0.3) is 0 Å². The molecule has 0 spiro atoms. The third-order valence-electron chi connectivity index (χ3n) is 3.43. The maximum Gasteiger partial charge on any atom is 0.340 e. The number of H-pyrrole nitrogens is 1. The third-order valence-corrected chi connectivity index (χ3v) is 3.43. The van der Waals surface area contributed by atoms with Crippen LogP contribution in [-0.2, 0) is 4.74 Å². The van der Waals surface area contributed by atoms with Crippen molar-refractivity contribution in [3.8, 4) is 0 Å². The van der Waals surface area contributed by atoms with Gasteiger partial charge in [0.25, 0.3) is 0 Å². The molecule has 0 unspecified atom stereocenters. The summed E-state index contributed by atoms with van der Waals surface area (Å²) in [5, 5.41) is 5.48. The molecule has 0 saturated heterocycles. The van der Waals surface area contributed by atoms with Crippen molar-refractivity contribution in [3.05, 3.63) is 46.6 Å². The molecule has 0 atom stereocenters. The molecule has 0 bridgehead atoms. The molecule has 6 nitrogen and oxygen atoms in total. The molecule has 0 aliphatic heterocycles. The van der Waals surface area contributed by atoms with Crippen molar-refractivity contribution in [2.45, 2.75) is 27.7 Å². The van der Waals surface area contributed by atoms with Gasteiger partial charge in [-0.15, -0.1) is 0 Å². The Hall–Kier alpha value is -2.76. The molecule has 1 heterocycles. The SMILES string of the molecule is CCOC(=O)c1c(C)[nH]c(NC(=O)Nc2cccc(C)c2)c1C. The number of nitrogens with one attached hydrogen (secondary N) is 3. The van der Waals surface area contributed by atoms with Crippen LogP contribution in [0.4, 0.5) is 16.3 Å². The lowest BCUT2D eigenvalue weighted by molar-refractivity contribution is 0.0525. The second kappa shape index (κ2) is 7.00. The summed E-state index contributed by atoms with van der Waals surface area (Å²) >= 11 is 0. The van der Waals surface area contributed by atoms with Gasteiger partial charge in [-0.25, -0.2) is 9.59 Å². The fourth-order valence-electron chi connectivity index (χ4n) is 2.38. The van der Waals surface area contributed by atoms with Crippen molar-refractivity contribution < 1.29 is 14.3 Å². The van der Waals surface area contributed by atoms with Crippen LogP contribution in [0.1, 0.15) is 34.1 Å². The lowest BCUT2D eigenvalue weighted by atomic mass is 10.1. The van der Waals surface area contributed by atoms with Gasteiger partial charge in [-0.3, -0.25) is 5.32 Å². The van der Waals surface area contributed by atoms with E-state index in [1.54, 1.807) is 20.8 Å². The Morgan fingerprint density at radius 3 is 2.57 bits per heavy atom. The molecule has 0 aliphatic rings. The summed E-state index contributed by atoms with van der Waals surface area (Å²) in [4.78, 5) is 27.1. The summed E-state index contributed by atoms with van der Waals surface area (Å²) in [6.45, 7) is 7.54. The van der Waals surface area contributed by atoms with E-state index in [-0.39, 0.29) is 6.03 Å². The summed E-state index contributed by atoms with van der Waals surface area (Å²) in [6, 6.07) is 7.12. The Morgan fingerprint density at radius 1 is 1.17 bits per heavy atom. The van der Waals surface area contributed by atoms with Gasteiger partial charge in [0, 0.05) is 16.9 Å². The maximum atomic E-state index is 12.1. The first-order valence-corrected chi connectivity index (χ1v) is 7.43. The zero-order chi connectivity index (χ0) is 17.0. The normalized spacial score (nSPS) is 10.3. The fraction of sp³-hybridized carbons (Fsp3) is 0.294. The van der Waals surface area contributed by atoms with Crippen molar-refractivity contribution in [1.29, 1.82) is 0 Å². The standard InChI is InChI=1S/C17H21N3O3/c1-5-23-16(21)14-11(3)15(18-12(14)4)20-17(22)19-13-8-6-7-10(2)9-13/h6-9,18H,5H2,1-4H3,(H2,19,20,22). The molecule has 1 aromatic carbocycles. The average Bonchev–Trinajstić information content (AvgIpc) is 2.73. The molecule has 0 fully saturated rings. The molecule has 0 saturated carbocycles. The van der Waals surface area contributed by atoms with Gasteiger partial charge in [0.1, 0.15) is 5.82 Å². The lowest BCUT2D eigenvalue weighted by Gasteiger charge is -2.08. The second-order valence-corrected chi connectivity index (χ2v) is 5.29. The number of anilines is 2. The topological polar surface area (TPSA) is 83.2 Å². The minimum Gasteiger partial charge on any atom is -0.462 e. The first-order valence-electron chi connectivity index (χ1n) is 7.43. The molecule has 122 valence electrons. The monoisotopic (exact) mass is 315 g/mol. The van der Waals surface area contributed by atoms with Gasteiger partial charge in [-0.1, -0.05) is 12.1 Å². The molecule has 3 N–H and O–H groups in total. The number of carbonyl (C=O) groups is 2. The molecule has 2 aromatic rings. The van der Waals surface area contributed by atoms with Crippen LogP contribution in [-0.4, -0.2) is 23.6 Å². The first kappa shape index (κ1) is 16.6. The quantitative estimate of drug-likeness (QED) is 0.751. The molecule has 23 heavy (non-hydrogen) atoms. The van der Waals surface area contributed by atoms with Crippen molar-refractivity contribution in [1.82, 2.24) is 4.98 Å². The van der Waals surface area contributed by atoms with Crippen LogP contribution < -0.4 is 10.6 Å². The third kappa shape index (κ3) is 3.91. The Kier molecular flexibility index (Phi) is 5.05. The summed E-state index contributed by atoms with van der Waals surface area (Å²) < 4.78 is 5.03. The summed E-state index contributed by atoms with van der Waals surface area (Å²) in [6.07, 6.45) is 0. The molecule has 2 rings (SSSR count). The van der Waals surface area contributed by atoms with Crippen molar-refractivity contribution in [3.63, 3.8) is 0 Å². The molecule has 2 amide bonds. The highest BCUT2D eigenvalue weighted by Crippen LogP contribution is 2.23. The first-order chi connectivity index (χ1) is 10.9. The number of ether oxygens (including phenoxy) is 1. The largest absolute Gasteiger partial charge is 0.462 e. The van der Waals surface area contributed by atoms with Crippen LogP contribution in [0.15, 0.2) is 24.3 Å². The van der Waals surface area contributed by atoms with Crippen molar-refractivity contribution in [2.24, 2.45) is 0 Å². The smallest absolute Gasteiger partial charge is 0.340 e. The highest BCUT2D eigenvalue weighted by atomic mass is 16.5. The molecule has 0 aliphatic carbocycles. The van der Waals surface area contributed by atoms with Crippen LogP contribution in [0, 0.1) is 20.8 Å². The lowest BCUT2D eigenvalue weighted by Crippen LogP contribution is -2.20. The van der Waals surface area contributed by atoms with E-state index < -0.39 is 5.97 Å². The van der Waals surface area contributed by atoms with Gasteiger partial charge in [0.05, 0.1) is 12.2 Å². The van der Waals surface area contributed by atoms with Gasteiger partial charge in [-0.2, -0.15) is 0 Å². The van der Waals surface area contributed by atoms with E-state index in [1.165, 1.54) is 0 Å². The number of aromatic nitrogens is 1. The van der Waals surface area contributed by atoms with Crippen LogP contribution in [0.5, 0.6) is 0 Å². The van der Waals surface area contributed by atoms with E-state index in [2.05, 4.69) is 15.6 Å². The molecular formula is C17H21N3O3. The Bertz CT molecular complexity index is 735. The van der Waals surface area contributed by atoms with E-state index in [0.29, 0.717) is 34.9 Å². The molecule has 1 aromatic heterocycles. The van der Waals surface area contributed by atoms with Crippen molar-refractivity contribution in [2.75, 3.05) is 17.2 Å². The number of carbonyl (C=O) groups excluding carboxylic acids is 2. The van der Waals surface area contributed by atoms with Crippen LogP contribution in [0.2, 0.25) is 0 Å². The van der Waals surface area contributed by atoms with Gasteiger partial charge < -0.3 is 15.0 Å². The predicted octanol–water partition coefficient (Wildman–Crippen LogP) is 3.76. The zero-order valence-electron chi connectivity index (χ0n) is 13.7. The van der Waals surface area contributed by atoms with Gasteiger partial charge in [0.15, 0.2) is 0 Å². The number of urea groups is 1. The van der Waals surface area contributed by atoms with E-state index in [1.807, 2.05) is 31.2 Å². The highest BCUT2D eigenvalue weighted by molar-refractivity contribution is 6.02. The van der Waals surface area contributed by atoms with E-state index in [9.17, 15) is 9.59 Å². The number of hydrogen-bond acceptors (Lipinski definition) is 3. The number of esters is 1. The van der Waals surface area contributed by atoms with Crippen molar-refractivity contribution >= 4 is 23.5 Å². The van der Waals surface area contributed by atoms with Crippen LogP contribution in [0.3, 0.4) is 0 Å². The number of aryl methyl sites for hydroxylation is 2. The van der Waals surface area contributed by atoms with Gasteiger partial charge in [0.2, 0.25) is 0 Å². The number of rotatable bonds is 4. The van der Waals surface area contributed by atoms with E-state index in [4.69, 9.17) is 4.74 Å². The van der Waals surface area contributed by atoms with Gasteiger partial charge in [-0.05, 0) is 45.4 Å². The summed E-state index contributed by atoms with van der Waals surface area (Å²) in [7, 11) is 0. The van der Waals surface area contributed by atoms with E-state index >= 15 is 0 Å². The molecule has 6 heteroatoms. The van der Waals surface area contributed by atoms with Gasteiger partial charge >= 0.3 is 12.0 Å². The average molecular weight is 315 g/mol. The minimum atomic E-state index is -0.397. The fourth-order valence-corrected chi connectivity index (χ4v) is 2.38.